The third-order valence-corrected chi connectivity index (χ3v) is 1.93. The lowest BCUT2D eigenvalue weighted by Crippen LogP contribution is -2.07. The molecule has 0 fully saturated rings. The zero-order valence-corrected chi connectivity index (χ0v) is 5.36. The van der Waals surface area contributed by atoms with E-state index >= 15 is 0 Å². The summed E-state index contributed by atoms with van der Waals surface area (Å²) in [6.07, 6.45) is 0. The Labute approximate surface area is 47.5 Å². The van der Waals surface area contributed by atoms with Gasteiger partial charge in [0.05, 0.1) is 0 Å². The van der Waals surface area contributed by atoms with Crippen LogP contribution < -0.4 is 5.73 Å². The van der Waals surface area contributed by atoms with E-state index in [1.807, 2.05) is 0 Å². The van der Waals surface area contributed by atoms with Crippen molar-refractivity contribution in [2.45, 2.75) is 4.99 Å². The minimum Gasteiger partial charge on any atom is -0.328 e. The van der Waals surface area contributed by atoms with Gasteiger partial charge >= 0.3 is 7.68 Å². The fourth-order valence-electron chi connectivity index (χ4n) is 0.0861. The van der Waals surface area contributed by atoms with E-state index < -0.39 is 12.7 Å². The van der Waals surface area contributed by atoms with Gasteiger partial charge in [-0.2, -0.15) is 12.6 Å². The van der Waals surface area contributed by atoms with Gasteiger partial charge in [0.15, 0.2) is 0 Å². The molecule has 0 radical (unpaired) electrons. The first-order valence-corrected chi connectivity index (χ1v) is 3.46. The summed E-state index contributed by atoms with van der Waals surface area (Å²) >= 11 is 3.60. The normalized spacial score (nSPS) is 13.4. The van der Waals surface area contributed by atoms with E-state index in [0.29, 0.717) is 0 Å². The summed E-state index contributed by atoms with van der Waals surface area (Å²) in [7, 11) is -2.42. The van der Waals surface area contributed by atoms with E-state index in [0.717, 1.165) is 0 Å². The molecular formula is C2H6NO2PS. The first kappa shape index (κ1) is 7.21. The van der Waals surface area contributed by atoms with E-state index in [1.165, 1.54) is 0 Å². The molecule has 0 amide bonds. The Kier molecular flexibility index (Phi) is 3.34. The van der Waals surface area contributed by atoms with Gasteiger partial charge in [0.2, 0.25) is 0 Å². The maximum absolute atomic E-state index is 9.81. The molecule has 0 aromatic rings. The Morgan fingerprint density at radius 2 is 2.14 bits per heavy atom. The molecule has 3 nitrogen and oxygen atoms in total. The zero-order valence-electron chi connectivity index (χ0n) is 3.57. The topological polar surface area (TPSA) is 60.2 Å². The van der Waals surface area contributed by atoms with Crippen LogP contribution in [-0.2, 0) is 9.13 Å². The van der Waals surface area contributed by atoms with Crippen LogP contribution >= 0.6 is 20.3 Å². The molecule has 1 atom stereocenters. The SMILES string of the molecule is NCC(S)P(=O)=O. The van der Waals surface area contributed by atoms with Gasteiger partial charge < -0.3 is 5.73 Å². The van der Waals surface area contributed by atoms with Gasteiger partial charge in [-0.3, -0.25) is 0 Å². The lowest BCUT2D eigenvalue weighted by atomic mass is 10.8. The minimum atomic E-state index is -2.42. The number of rotatable bonds is 2. The van der Waals surface area contributed by atoms with Crippen LogP contribution in [0.5, 0.6) is 0 Å². The van der Waals surface area contributed by atoms with Gasteiger partial charge in [0.1, 0.15) is 4.99 Å². The Morgan fingerprint density at radius 1 is 1.71 bits per heavy atom. The standard InChI is InChI=1S/C2H6NO2PS/c3-1-2(7)6(4)5/h2,7H,1,3H2. The van der Waals surface area contributed by atoms with E-state index in [9.17, 15) is 9.13 Å². The van der Waals surface area contributed by atoms with E-state index in [-0.39, 0.29) is 6.54 Å². The molecule has 0 rings (SSSR count). The average molecular weight is 139 g/mol. The Bertz CT molecular complexity index is 104. The highest BCUT2D eigenvalue weighted by atomic mass is 32.1. The van der Waals surface area contributed by atoms with Crippen molar-refractivity contribution in [1.29, 1.82) is 0 Å². The highest BCUT2D eigenvalue weighted by Crippen LogP contribution is 2.15. The molecule has 1 unspecified atom stereocenters. The van der Waals surface area contributed by atoms with Crippen molar-refractivity contribution in [2.24, 2.45) is 5.73 Å². The first-order valence-electron chi connectivity index (χ1n) is 1.70. The first-order chi connectivity index (χ1) is 3.18. The second-order valence-corrected chi connectivity index (χ2v) is 3.23. The van der Waals surface area contributed by atoms with E-state index in [1.54, 1.807) is 0 Å². The molecule has 0 aliphatic carbocycles. The highest BCUT2D eigenvalue weighted by Gasteiger charge is 2.02. The monoisotopic (exact) mass is 139 g/mol. The largest absolute Gasteiger partial charge is 0.330 e. The van der Waals surface area contributed by atoms with Crippen molar-refractivity contribution in [2.75, 3.05) is 6.54 Å². The number of nitrogens with two attached hydrogens (primary N) is 1. The van der Waals surface area contributed by atoms with Crippen LogP contribution in [0.15, 0.2) is 0 Å². The van der Waals surface area contributed by atoms with Crippen molar-refractivity contribution >= 4 is 20.3 Å². The van der Waals surface area contributed by atoms with Crippen LogP contribution in [0.1, 0.15) is 0 Å². The summed E-state index contributed by atoms with van der Waals surface area (Å²) in [5.74, 6) is 0. The summed E-state index contributed by atoms with van der Waals surface area (Å²) in [6.45, 7) is 0.0851. The quantitative estimate of drug-likeness (QED) is 0.429. The molecule has 5 heteroatoms. The molecule has 0 aromatic carbocycles. The molecule has 0 aliphatic heterocycles. The number of thiol groups is 1. The van der Waals surface area contributed by atoms with Crippen LogP contribution in [-0.4, -0.2) is 11.5 Å². The molecule has 0 saturated heterocycles. The molecule has 0 saturated carbocycles. The van der Waals surface area contributed by atoms with Crippen molar-refractivity contribution < 1.29 is 9.13 Å². The van der Waals surface area contributed by atoms with Crippen LogP contribution in [0.25, 0.3) is 0 Å². The maximum Gasteiger partial charge on any atom is 0.330 e. The van der Waals surface area contributed by atoms with Gasteiger partial charge in [-0.1, -0.05) is 0 Å². The molecule has 0 heterocycles. The molecule has 0 bridgehead atoms. The number of hydrogen-bond acceptors (Lipinski definition) is 4. The average Bonchev–Trinajstić information content (AvgIpc) is 1.65. The second-order valence-electron chi connectivity index (χ2n) is 1.00. The Morgan fingerprint density at radius 3 is 2.14 bits per heavy atom. The third-order valence-electron chi connectivity index (χ3n) is 0.454. The predicted octanol–water partition coefficient (Wildman–Crippen LogP) is 0.374. The van der Waals surface area contributed by atoms with Gasteiger partial charge in [-0.15, -0.1) is 0 Å². The summed E-state index contributed by atoms with van der Waals surface area (Å²) in [5.41, 5.74) is 4.91. The lowest BCUT2D eigenvalue weighted by Gasteiger charge is -1.88. The van der Waals surface area contributed by atoms with Crippen molar-refractivity contribution in [3.05, 3.63) is 0 Å². The maximum atomic E-state index is 9.81. The van der Waals surface area contributed by atoms with Crippen LogP contribution in [0.2, 0.25) is 0 Å². The molecule has 42 valence electrons. The fourth-order valence-corrected chi connectivity index (χ4v) is 0.258. The van der Waals surface area contributed by atoms with Gasteiger partial charge in [-0.05, 0) is 0 Å². The van der Waals surface area contributed by atoms with Gasteiger partial charge in [-0.25, -0.2) is 9.13 Å². The Balaban J connectivity index is 3.57. The van der Waals surface area contributed by atoms with Crippen molar-refractivity contribution in [3.8, 4) is 0 Å². The molecule has 2 N–H and O–H groups in total. The summed E-state index contributed by atoms with van der Waals surface area (Å²) in [6, 6.07) is 0. The summed E-state index contributed by atoms with van der Waals surface area (Å²) < 4.78 is 19.6. The molecule has 7 heavy (non-hydrogen) atoms. The number of hydrogen-bond donors (Lipinski definition) is 2. The minimum absolute atomic E-state index is 0.0851. The zero-order chi connectivity index (χ0) is 5.86. The second kappa shape index (κ2) is 3.24. The summed E-state index contributed by atoms with van der Waals surface area (Å²) in [4.78, 5) is -0.671. The Hall–Kier alpha value is 0.210. The molecule has 0 aliphatic rings. The van der Waals surface area contributed by atoms with E-state index in [4.69, 9.17) is 5.73 Å². The smallest absolute Gasteiger partial charge is 0.328 e. The van der Waals surface area contributed by atoms with Crippen LogP contribution in [0, 0.1) is 0 Å². The van der Waals surface area contributed by atoms with Gasteiger partial charge in [0.25, 0.3) is 0 Å². The molecule has 0 aromatic heterocycles. The lowest BCUT2D eigenvalue weighted by molar-refractivity contribution is 0.513. The summed E-state index contributed by atoms with van der Waals surface area (Å²) in [5, 5.41) is 0. The van der Waals surface area contributed by atoms with Crippen molar-refractivity contribution in [1.82, 2.24) is 0 Å². The highest BCUT2D eigenvalue weighted by molar-refractivity contribution is 7.86. The fraction of sp³-hybridized carbons (Fsp3) is 1.00. The van der Waals surface area contributed by atoms with Gasteiger partial charge in [0, 0.05) is 6.54 Å². The molecule has 0 spiro atoms. The predicted molar refractivity (Wildman–Crippen MR) is 30.1 cm³/mol. The van der Waals surface area contributed by atoms with E-state index in [2.05, 4.69) is 12.6 Å². The van der Waals surface area contributed by atoms with Crippen molar-refractivity contribution in [3.63, 3.8) is 0 Å². The van der Waals surface area contributed by atoms with Crippen LogP contribution in [0.3, 0.4) is 0 Å². The molecular weight excluding hydrogens is 133 g/mol. The third kappa shape index (κ3) is 2.85. The van der Waals surface area contributed by atoms with Crippen LogP contribution in [0.4, 0.5) is 0 Å².